The molecule has 250 valence electrons. The molecule has 0 radical (unpaired) electrons. The minimum absolute atomic E-state index is 0.0629. The first kappa shape index (κ1) is 32.7. The number of carbonyl (C=O) groups excluding carboxylic acids is 2. The molecule has 3 aliphatic heterocycles. The topological polar surface area (TPSA) is 141 Å². The smallest absolute Gasteiger partial charge is 0.497 e. The molecule has 0 saturated carbocycles. The van der Waals surface area contributed by atoms with Crippen LogP contribution < -0.4 is 28.6 Å². The Morgan fingerprint density at radius 3 is 2.57 bits per heavy atom. The number of carbonyl (C=O) groups is 2. The van der Waals surface area contributed by atoms with Crippen LogP contribution in [0.15, 0.2) is 59.5 Å². The van der Waals surface area contributed by atoms with Gasteiger partial charge < -0.3 is 29.4 Å². The summed E-state index contributed by atoms with van der Waals surface area (Å²) in [5.74, 6) is -2.78. The fourth-order valence-corrected chi connectivity index (χ4v) is 8.88. The number of fused-ring (bicyclic) bond motifs is 2. The third-order valence-corrected chi connectivity index (χ3v) is 10.9. The number of quaternary nitrogens is 1. The Morgan fingerprint density at radius 1 is 1.17 bits per heavy atom. The number of sulfonamides is 1. The van der Waals surface area contributed by atoms with Gasteiger partial charge >= 0.3 is 12.3 Å². The van der Waals surface area contributed by atoms with Crippen LogP contribution in [-0.4, -0.2) is 82.9 Å². The first-order valence-corrected chi connectivity index (χ1v) is 15.9. The zero-order chi connectivity index (χ0) is 34.1. The van der Waals surface area contributed by atoms with Crippen LogP contribution in [-0.2, 0) is 25.2 Å². The molecule has 12 nitrogen and oxygen atoms in total. The number of likely N-dealkylation sites (N-methyl/N-ethyl adjacent to an activating group) is 2. The lowest BCUT2D eigenvalue weighted by Gasteiger charge is -2.48. The van der Waals surface area contributed by atoms with Gasteiger partial charge in [0.15, 0.2) is 23.3 Å². The van der Waals surface area contributed by atoms with Gasteiger partial charge in [0.25, 0.3) is 15.9 Å². The van der Waals surface area contributed by atoms with Crippen molar-refractivity contribution < 1.29 is 59.7 Å². The molecular formula is C30H28ClF3N3O9S+. The van der Waals surface area contributed by atoms with E-state index in [2.05, 4.69) is 10.1 Å². The van der Waals surface area contributed by atoms with Gasteiger partial charge in [-0.1, -0.05) is 23.7 Å². The van der Waals surface area contributed by atoms with Gasteiger partial charge in [-0.05, 0) is 36.4 Å². The van der Waals surface area contributed by atoms with Crippen LogP contribution in [0.3, 0.4) is 0 Å². The van der Waals surface area contributed by atoms with E-state index < -0.39 is 61.0 Å². The number of nitrogens with one attached hydrogen (secondary N) is 1. The highest BCUT2D eigenvalue weighted by molar-refractivity contribution is 7.93. The first-order valence-electron chi connectivity index (χ1n) is 14.1. The Hall–Kier alpha value is -4.25. The summed E-state index contributed by atoms with van der Waals surface area (Å²) in [6.45, 7) is -0.485. The van der Waals surface area contributed by atoms with Crippen LogP contribution in [0.25, 0.3) is 0 Å². The molecule has 4 atom stereocenters. The quantitative estimate of drug-likeness (QED) is 0.356. The molecule has 6 rings (SSSR count). The van der Waals surface area contributed by atoms with Crippen molar-refractivity contribution in [2.24, 2.45) is 0 Å². The van der Waals surface area contributed by atoms with E-state index in [0.717, 1.165) is 18.2 Å². The number of benzene rings is 3. The lowest BCUT2D eigenvalue weighted by molar-refractivity contribution is -0.953. The lowest BCUT2D eigenvalue weighted by Crippen LogP contribution is -2.69. The monoisotopic (exact) mass is 698 g/mol. The molecule has 3 aliphatic rings. The van der Waals surface area contributed by atoms with E-state index in [9.17, 15) is 31.5 Å². The van der Waals surface area contributed by atoms with Gasteiger partial charge in [0.1, 0.15) is 23.3 Å². The van der Waals surface area contributed by atoms with E-state index >= 15 is 4.79 Å². The molecular weight excluding hydrogens is 671 g/mol. The second-order valence-electron chi connectivity index (χ2n) is 11.3. The summed E-state index contributed by atoms with van der Waals surface area (Å²) in [5, 5.41) is 13.5. The van der Waals surface area contributed by atoms with Gasteiger partial charge in [0.2, 0.25) is 12.3 Å². The normalized spacial score (nSPS) is 25.1. The summed E-state index contributed by atoms with van der Waals surface area (Å²) >= 11 is 6.87. The SMILES string of the molecule is CNC(=O)[C@@H]1C[C@@H](O)C[N+]1(C)C1(c2cccc3c2OCO3)C(=O)N(S(=O)(=O)c2ccc(OC)cc2OC(F)(F)F)c2cccc(Cl)c21. The zero-order valence-corrected chi connectivity index (χ0v) is 26.6. The van der Waals surface area contributed by atoms with Crippen molar-refractivity contribution in [2.75, 3.05) is 38.8 Å². The third kappa shape index (κ3) is 4.76. The highest BCUT2D eigenvalue weighted by Crippen LogP contribution is 2.60. The summed E-state index contributed by atoms with van der Waals surface area (Å²) in [7, 11) is -1.20. The van der Waals surface area contributed by atoms with Crippen molar-refractivity contribution in [1.82, 2.24) is 5.32 Å². The minimum Gasteiger partial charge on any atom is -0.497 e. The predicted octanol–water partition coefficient (Wildman–Crippen LogP) is 3.28. The van der Waals surface area contributed by atoms with Gasteiger partial charge in [0.05, 0.1) is 36.0 Å². The number of likely N-dealkylation sites (tertiary alicyclic amines) is 1. The Morgan fingerprint density at radius 2 is 1.89 bits per heavy atom. The number of anilines is 1. The molecule has 3 heterocycles. The third-order valence-electron chi connectivity index (χ3n) is 8.84. The largest absolute Gasteiger partial charge is 0.573 e. The number of amides is 2. The minimum atomic E-state index is -5.32. The van der Waals surface area contributed by atoms with Gasteiger partial charge in [-0.25, -0.2) is 8.42 Å². The molecule has 2 N–H and O–H groups in total. The molecule has 2 unspecified atom stereocenters. The van der Waals surface area contributed by atoms with E-state index in [1.165, 1.54) is 51.5 Å². The Balaban J connectivity index is 1.70. The molecule has 1 saturated heterocycles. The van der Waals surface area contributed by atoms with Crippen LogP contribution in [0, 0.1) is 0 Å². The Bertz CT molecular complexity index is 1910. The van der Waals surface area contributed by atoms with E-state index in [0.29, 0.717) is 4.31 Å². The van der Waals surface area contributed by atoms with Crippen LogP contribution in [0.2, 0.25) is 5.02 Å². The number of aliphatic hydroxyl groups is 1. The summed E-state index contributed by atoms with van der Waals surface area (Å²) in [5.41, 5.74) is -2.52. The van der Waals surface area contributed by atoms with E-state index in [-0.39, 0.29) is 58.8 Å². The van der Waals surface area contributed by atoms with Crippen molar-refractivity contribution in [3.8, 4) is 23.0 Å². The van der Waals surface area contributed by atoms with Gasteiger partial charge in [-0.15, -0.1) is 13.2 Å². The van der Waals surface area contributed by atoms with Crippen molar-refractivity contribution in [2.45, 2.75) is 35.4 Å². The van der Waals surface area contributed by atoms with Crippen LogP contribution in [0.1, 0.15) is 17.5 Å². The molecule has 0 bridgehead atoms. The maximum absolute atomic E-state index is 15.4. The number of methoxy groups -OCH3 is 1. The average Bonchev–Trinajstić information content (AvgIpc) is 3.69. The number of ether oxygens (including phenoxy) is 4. The zero-order valence-electron chi connectivity index (χ0n) is 25.0. The van der Waals surface area contributed by atoms with E-state index in [1.54, 1.807) is 6.07 Å². The molecule has 17 heteroatoms. The van der Waals surface area contributed by atoms with Crippen LogP contribution >= 0.6 is 11.6 Å². The second kappa shape index (κ2) is 11.2. The summed E-state index contributed by atoms with van der Waals surface area (Å²) in [6, 6.07) is 10.2. The molecule has 1 fully saturated rings. The summed E-state index contributed by atoms with van der Waals surface area (Å²) in [4.78, 5) is 27.9. The van der Waals surface area contributed by atoms with Crippen molar-refractivity contribution in [3.63, 3.8) is 0 Å². The number of nitrogens with zero attached hydrogens (tertiary/aromatic N) is 2. The van der Waals surface area contributed by atoms with Crippen molar-refractivity contribution >= 4 is 39.1 Å². The molecule has 0 spiro atoms. The van der Waals surface area contributed by atoms with Crippen LogP contribution in [0.5, 0.6) is 23.0 Å². The highest BCUT2D eigenvalue weighted by atomic mass is 35.5. The summed E-state index contributed by atoms with van der Waals surface area (Å²) < 4.78 is 90.2. The molecule has 0 aromatic heterocycles. The van der Waals surface area contributed by atoms with Gasteiger partial charge in [-0.3, -0.25) is 14.1 Å². The van der Waals surface area contributed by atoms with Crippen molar-refractivity contribution in [3.05, 3.63) is 70.7 Å². The van der Waals surface area contributed by atoms with Gasteiger partial charge in [0, 0.05) is 19.5 Å². The number of hydrogen-bond acceptors (Lipinski definition) is 9. The van der Waals surface area contributed by atoms with E-state index in [1.807, 2.05) is 0 Å². The number of halogens is 4. The first-order chi connectivity index (χ1) is 22.1. The number of para-hydroxylation sites is 1. The fraction of sp³-hybridized carbons (Fsp3) is 0.333. The number of alkyl halides is 3. The van der Waals surface area contributed by atoms with E-state index in [4.69, 9.17) is 25.8 Å². The Labute approximate surface area is 271 Å². The number of rotatable bonds is 7. The maximum atomic E-state index is 15.4. The molecule has 3 aromatic carbocycles. The number of aliphatic hydroxyl groups excluding tert-OH is 1. The van der Waals surface area contributed by atoms with Gasteiger partial charge in [-0.2, -0.15) is 4.31 Å². The van der Waals surface area contributed by atoms with Crippen molar-refractivity contribution in [1.29, 1.82) is 0 Å². The Kier molecular flexibility index (Phi) is 7.77. The highest BCUT2D eigenvalue weighted by Gasteiger charge is 2.73. The predicted molar refractivity (Wildman–Crippen MR) is 159 cm³/mol. The number of hydrogen-bond donors (Lipinski definition) is 2. The standard InChI is InChI=1S/C30H27ClF3N3O9S/c1-35-27(39)21-12-16(38)14-37(21,2)29(18-6-4-9-22-26(18)45-15-44-22)25-19(31)7-5-8-20(25)36(28(29)40)47(41,42)24-11-10-17(43-3)13-23(24)46-30(32,33)34/h4-11,13,16,21,38H,12,14-15H2,1-3H3/p+1/t16-,21+,29?,37?/m1/s1. The fourth-order valence-electron chi connectivity index (χ4n) is 7.02. The van der Waals surface area contributed by atoms with Crippen LogP contribution in [0.4, 0.5) is 18.9 Å². The summed E-state index contributed by atoms with van der Waals surface area (Å²) in [6.07, 6.45) is -6.57. The molecule has 47 heavy (non-hydrogen) atoms. The molecule has 3 aromatic rings. The molecule has 0 aliphatic carbocycles. The second-order valence-corrected chi connectivity index (χ2v) is 13.5. The maximum Gasteiger partial charge on any atom is 0.573 e. The molecule has 2 amide bonds. The average molecular weight is 699 g/mol. The lowest BCUT2D eigenvalue weighted by atomic mass is 9.78.